The smallest absolute Gasteiger partial charge is 0.296 e. The molecule has 0 spiro atoms. The molecule has 0 aliphatic heterocycles. The van der Waals surface area contributed by atoms with Crippen LogP contribution in [0.2, 0.25) is 0 Å². The Kier molecular flexibility index (Phi) is 19.8. The third-order valence-corrected chi connectivity index (χ3v) is 22.2. The maximum Gasteiger partial charge on any atom is 0.296 e. The summed E-state index contributed by atoms with van der Waals surface area (Å²) >= 11 is 0. The molecule has 76 heavy (non-hydrogen) atoms. The van der Waals surface area contributed by atoms with Crippen molar-refractivity contribution in [2.45, 2.75) is 90.5 Å². The fourth-order valence-corrected chi connectivity index (χ4v) is 17.9. The van der Waals surface area contributed by atoms with E-state index in [0.29, 0.717) is 55.6 Å². The lowest BCUT2D eigenvalue weighted by Crippen LogP contribution is -2.28. The molecular formula is C54H66O16P2S4. The standard InChI is InChI=1S/C27H33O9PS2.C27H33O7PS2/c1-16-9-22(33-5)27(35-7)24(10-16)37(23-14-21(39(31,32)36-8)12-17(2)19(23)4)25-13-20(15-38(28,29)30)11-18(3)26(25)34-6;1-16-9-24(33-7)21(6)25(10-16)35(26-13-22(15-36(28,29)30)11-17(2)19(26)4)27-14-23(37(31,32)34-8)12-18(3)20(27)5/h9-14H,15H2,1-8H3,(H,28,29,30);9-14H,15H2,1-8H3,(H,28,29,30). The average Bonchev–Trinajstić information content (AvgIpc) is 3.32. The fourth-order valence-electron chi connectivity index (χ4n) is 8.83. The van der Waals surface area contributed by atoms with E-state index in [0.717, 1.165) is 80.2 Å². The van der Waals surface area contributed by atoms with Gasteiger partial charge >= 0.3 is 0 Å². The van der Waals surface area contributed by atoms with Gasteiger partial charge < -0.3 is 18.9 Å². The van der Waals surface area contributed by atoms with E-state index in [1.807, 2.05) is 86.6 Å². The molecule has 0 aliphatic rings. The lowest BCUT2D eigenvalue weighted by atomic mass is 10.1. The number of hydrogen-bond donors (Lipinski definition) is 2. The number of hydrogen-bond acceptors (Lipinski definition) is 14. The van der Waals surface area contributed by atoms with E-state index in [1.54, 1.807) is 56.5 Å². The van der Waals surface area contributed by atoms with Gasteiger partial charge in [-0.15, -0.1) is 0 Å². The van der Waals surface area contributed by atoms with Crippen molar-refractivity contribution in [3.05, 3.63) is 140 Å². The molecule has 0 radical (unpaired) electrons. The molecule has 0 saturated heterocycles. The zero-order chi connectivity index (χ0) is 57.2. The van der Waals surface area contributed by atoms with Crippen molar-refractivity contribution < 1.29 is 70.1 Å². The van der Waals surface area contributed by atoms with Gasteiger partial charge in [-0.1, -0.05) is 18.2 Å². The summed E-state index contributed by atoms with van der Waals surface area (Å²) in [6.07, 6.45) is 0. The Bertz CT molecular complexity index is 3670. The van der Waals surface area contributed by atoms with Gasteiger partial charge in [0.1, 0.15) is 23.0 Å². The molecule has 2 N–H and O–H groups in total. The van der Waals surface area contributed by atoms with Crippen LogP contribution in [0.25, 0.3) is 0 Å². The van der Waals surface area contributed by atoms with Crippen LogP contribution < -0.4 is 50.8 Å². The minimum atomic E-state index is -4.33. The first-order valence-electron chi connectivity index (χ1n) is 23.3. The molecular weight excluding hydrogens is 1090 g/mol. The Labute approximate surface area is 451 Å². The van der Waals surface area contributed by atoms with Gasteiger partial charge in [-0.05, 0) is 228 Å². The highest BCUT2D eigenvalue weighted by Gasteiger charge is 2.32. The Balaban J connectivity index is 0.000000281. The third kappa shape index (κ3) is 14.0. The van der Waals surface area contributed by atoms with Crippen molar-refractivity contribution in [3.63, 3.8) is 0 Å². The second kappa shape index (κ2) is 24.4. The first-order valence-corrected chi connectivity index (χ1v) is 32.0. The maximum atomic E-state index is 12.8. The van der Waals surface area contributed by atoms with E-state index >= 15 is 0 Å². The van der Waals surface area contributed by atoms with Crippen LogP contribution in [0.4, 0.5) is 0 Å². The molecule has 6 aromatic rings. The summed E-state index contributed by atoms with van der Waals surface area (Å²) in [6, 6.07) is 21.0. The van der Waals surface area contributed by atoms with Gasteiger partial charge in [0.25, 0.3) is 40.5 Å². The molecule has 2 atom stereocenters. The van der Waals surface area contributed by atoms with Gasteiger partial charge in [0.2, 0.25) is 0 Å². The Morgan fingerprint density at radius 3 is 1.12 bits per heavy atom. The molecule has 6 aromatic carbocycles. The highest BCUT2D eigenvalue weighted by atomic mass is 32.2. The molecule has 0 bridgehead atoms. The van der Waals surface area contributed by atoms with Crippen LogP contribution in [0, 0.1) is 69.2 Å². The van der Waals surface area contributed by atoms with Gasteiger partial charge in [-0.2, -0.15) is 33.7 Å². The van der Waals surface area contributed by atoms with Crippen LogP contribution >= 0.6 is 15.8 Å². The van der Waals surface area contributed by atoms with Crippen molar-refractivity contribution in [2.24, 2.45) is 0 Å². The molecule has 0 heterocycles. The molecule has 0 saturated carbocycles. The molecule has 0 amide bonds. The number of benzene rings is 6. The van der Waals surface area contributed by atoms with Crippen LogP contribution in [0.15, 0.2) is 82.6 Å². The normalized spacial score (nSPS) is 12.9. The third-order valence-electron chi connectivity index (χ3n) is 12.9. The average molecular weight is 1160 g/mol. The van der Waals surface area contributed by atoms with Gasteiger partial charge in [-0.3, -0.25) is 17.5 Å². The predicted octanol–water partition coefficient (Wildman–Crippen LogP) is 7.45. The van der Waals surface area contributed by atoms with Crippen molar-refractivity contribution in [3.8, 4) is 23.0 Å². The van der Waals surface area contributed by atoms with Gasteiger partial charge in [0.05, 0.1) is 52.4 Å². The maximum absolute atomic E-state index is 12.8. The number of ether oxygens (including phenoxy) is 4. The Morgan fingerprint density at radius 1 is 0.368 bits per heavy atom. The summed E-state index contributed by atoms with van der Waals surface area (Å²) in [5.74, 6) is 1.03. The molecule has 412 valence electrons. The number of rotatable bonds is 18. The van der Waals surface area contributed by atoms with E-state index in [2.05, 4.69) is 6.07 Å². The molecule has 0 fully saturated rings. The molecule has 22 heteroatoms. The molecule has 6 rings (SSSR count). The largest absolute Gasteiger partial charge is 0.496 e. The van der Waals surface area contributed by atoms with E-state index < -0.39 is 67.8 Å². The zero-order valence-corrected chi connectivity index (χ0v) is 50.5. The summed E-state index contributed by atoms with van der Waals surface area (Å²) in [7, 11) is -11.2. The van der Waals surface area contributed by atoms with Crippen LogP contribution in [-0.4, -0.2) is 85.4 Å². The second-order valence-electron chi connectivity index (χ2n) is 18.3. The van der Waals surface area contributed by atoms with Crippen LogP contribution in [0.1, 0.15) is 66.8 Å². The molecule has 0 aromatic heterocycles. The highest BCUT2D eigenvalue weighted by Crippen LogP contribution is 2.46. The van der Waals surface area contributed by atoms with Gasteiger partial charge in [-0.25, -0.2) is 0 Å². The van der Waals surface area contributed by atoms with Crippen LogP contribution in [0.5, 0.6) is 23.0 Å². The summed E-state index contributed by atoms with van der Waals surface area (Å²) < 4.78 is 150. The Morgan fingerprint density at radius 2 is 0.711 bits per heavy atom. The van der Waals surface area contributed by atoms with Crippen LogP contribution in [-0.2, 0) is 60.3 Å². The van der Waals surface area contributed by atoms with E-state index in [9.17, 15) is 42.8 Å². The summed E-state index contributed by atoms with van der Waals surface area (Å²) in [6.45, 7) is 19.0. The van der Waals surface area contributed by atoms with E-state index in [4.69, 9.17) is 27.3 Å². The predicted molar refractivity (Wildman–Crippen MR) is 303 cm³/mol. The van der Waals surface area contributed by atoms with Crippen molar-refractivity contribution in [1.29, 1.82) is 0 Å². The monoisotopic (exact) mass is 1160 g/mol. The van der Waals surface area contributed by atoms with Crippen molar-refractivity contribution in [2.75, 3.05) is 42.7 Å². The summed E-state index contributed by atoms with van der Waals surface area (Å²) in [5.41, 5.74) is 9.32. The van der Waals surface area contributed by atoms with Gasteiger partial charge in [0, 0.05) is 10.6 Å². The lowest BCUT2D eigenvalue weighted by Gasteiger charge is -2.28. The first kappa shape index (κ1) is 61.9. The molecule has 16 nitrogen and oxygen atoms in total. The summed E-state index contributed by atoms with van der Waals surface area (Å²) in [4.78, 5) is 0.0419. The highest BCUT2D eigenvalue weighted by molar-refractivity contribution is 7.87. The Hall–Kier alpha value is -4.98. The summed E-state index contributed by atoms with van der Waals surface area (Å²) in [5, 5.41) is 4.65. The molecule has 2 unspecified atom stereocenters. The lowest BCUT2D eigenvalue weighted by molar-refractivity contribution is 0.357. The minimum absolute atomic E-state index is 0.0148. The number of methoxy groups -OCH3 is 4. The quantitative estimate of drug-likeness (QED) is 0.0483. The molecule has 0 aliphatic carbocycles. The zero-order valence-electron chi connectivity index (χ0n) is 45.5. The van der Waals surface area contributed by atoms with E-state index in [-0.39, 0.29) is 9.79 Å². The van der Waals surface area contributed by atoms with E-state index in [1.165, 1.54) is 21.3 Å². The van der Waals surface area contributed by atoms with Gasteiger partial charge in [0.15, 0.2) is 11.5 Å². The first-order chi connectivity index (χ1) is 35.3. The number of aryl methyl sites for hydroxylation is 6. The second-order valence-corrected chi connectivity index (χ2v) is 28.8. The van der Waals surface area contributed by atoms with Crippen LogP contribution in [0.3, 0.4) is 0 Å². The van der Waals surface area contributed by atoms with Crippen molar-refractivity contribution >= 4 is 88.1 Å². The fraction of sp³-hybridized carbons (Fsp3) is 0.333. The topological polar surface area (TPSA) is 232 Å². The van der Waals surface area contributed by atoms with Crippen molar-refractivity contribution in [1.82, 2.24) is 0 Å². The SMILES string of the molecule is COc1cc(C)cc(P(c2cc(CS(=O)(=O)O)cc(C)c2C)c2cc(S(=O)(=O)OC)cc(C)c2C)c1C.COc1cc(C)cc(P(c2cc(S(=O)(=O)OC)cc(C)c2C)c2cc(CS(=O)(=O)O)cc(C)c2OC)c1OC. The minimum Gasteiger partial charge on any atom is -0.496 e.